The van der Waals surface area contributed by atoms with Gasteiger partial charge in [0, 0.05) is 22.0 Å². The Morgan fingerprint density at radius 3 is 2.29 bits per heavy atom. The van der Waals surface area contributed by atoms with Crippen LogP contribution in [0.3, 0.4) is 0 Å². The highest BCUT2D eigenvalue weighted by molar-refractivity contribution is 5.94. The molecule has 0 saturated carbocycles. The zero-order chi connectivity index (χ0) is 14.8. The molecule has 21 heavy (non-hydrogen) atoms. The van der Waals surface area contributed by atoms with Crippen LogP contribution in [-0.4, -0.2) is 12.1 Å². The highest BCUT2D eigenvalue weighted by Gasteiger charge is 2.13. The van der Waals surface area contributed by atoms with Gasteiger partial charge in [-0.3, -0.25) is 4.98 Å². The second kappa shape index (κ2) is 5.26. The minimum absolute atomic E-state index is 0.612. The van der Waals surface area contributed by atoms with E-state index in [1.54, 1.807) is 7.11 Å². The number of aryl methyl sites for hydroxylation is 1. The molecule has 0 radical (unpaired) electrons. The molecule has 3 heteroatoms. The average molecular weight is 274 g/mol. The van der Waals surface area contributed by atoms with Gasteiger partial charge in [0.25, 0.3) is 0 Å². The number of methoxy groups -OCH3 is 1. The molecule has 0 bridgehead atoms. The maximum absolute atomic E-state index is 9.55. The molecule has 0 saturated heterocycles. The van der Waals surface area contributed by atoms with Crippen molar-refractivity contribution >= 4 is 10.8 Å². The van der Waals surface area contributed by atoms with Gasteiger partial charge in [-0.15, -0.1) is 0 Å². The predicted molar refractivity (Wildman–Crippen MR) is 83.2 cm³/mol. The van der Waals surface area contributed by atoms with Gasteiger partial charge in [-0.05, 0) is 31.2 Å². The van der Waals surface area contributed by atoms with Crippen LogP contribution in [0, 0.1) is 18.3 Å². The van der Waals surface area contributed by atoms with Crippen LogP contribution in [0.15, 0.2) is 48.5 Å². The summed E-state index contributed by atoms with van der Waals surface area (Å²) < 4.78 is 5.17. The van der Waals surface area contributed by atoms with Crippen LogP contribution in [0.1, 0.15) is 11.3 Å². The van der Waals surface area contributed by atoms with Gasteiger partial charge in [0.05, 0.1) is 18.4 Å². The smallest absolute Gasteiger partial charge is 0.118 e. The Labute approximate surface area is 123 Å². The minimum Gasteiger partial charge on any atom is -0.497 e. The second-order valence-corrected chi connectivity index (χ2v) is 4.81. The first-order chi connectivity index (χ1) is 10.2. The summed E-state index contributed by atoms with van der Waals surface area (Å²) >= 11 is 0. The molecule has 0 aliphatic rings. The molecule has 0 aliphatic carbocycles. The number of nitrogens with zero attached hydrogens (tertiary/aromatic N) is 2. The Kier molecular flexibility index (Phi) is 3.29. The Balaban J connectivity index is 2.29. The Hall–Kier alpha value is -2.86. The third-order valence-corrected chi connectivity index (χ3v) is 3.58. The van der Waals surface area contributed by atoms with E-state index in [2.05, 4.69) is 11.1 Å². The largest absolute Gasteiger partial charge is 0.497 e. The van der Waals surface area contributed by atoms with Crippen LogP contribution >= 0.6 is 0 Å². The summed E-state index contributed by atoms with van der Waals surface area (Å²) in [6.07, 6.45) is 0. The number of nitriles is 1. The molecule has 0 amide bonds. The zero-order valence-corrected chi connectivity index (χ0v) is 11.9. The summed E-state index contributed by atoms with van der Waals surface area (Å²) in [5.41, 5.74) is 3.18. The molecule has 0 N–H and O–H groups in total. The van der Waals surface area contributed by atoms with E-state index in [4.69, 9.17) is 4.74 Å². The van der Waals surface area contributed by atoms with Gasteiger partial charge in [0.1, 0.15) is 11.8 Å². The van der Waals surface area contributed by atoms with Crippen molar-refractivity contribution in [2.75, 3.05) is 7.11 Å². The van der Waals surface area contributed by atoms with E-state index in [9.17, 15) is 5.26 Å². The number of aromatic nitrogens is 1. The molecule has 0 fully saturated rings. The highest BCUT2D eigenvalue weighted by Crippen LogP contribution is 2.30. The number of hydrogen-bond donors (Lipinski definition) is 0. The van der Waals surface area contributed by atoms with Crippen LogP contribution in [-0.2, 0) is 0 Å². The van der Waals surface area contributed by atoms with Crippen molar-refractivity contribution in [3.05, 3.63) is 59.8 Å². The molecule has 0 aliphatic heterocycles. The molecule has 102 valence electrons. The zero-order valence-electron chi connectivity index (χ0n) is 11.9. The van der Waals surface area contributed by atoms with Gasteiger partial charge in [0.2, 0.25) is 0 Å². The van der Waals surface area contributed by atoms with Gasteiger partial charge in [-0.1, -0.05) is 24.3 Å². The SMILES string of the molecule is COc1ccc(-c2nc(C)c3ccccc3c2C#N)cc1. The number of rotatable bonds is 2. The number of ether oxygens (including phenoxy) is 1. The second-order valence-electron chi connectivity index (χ2n) is 4.81. The van der Waals surface area contributed by atoms with E-state index in [1.165, 1.54) is 0 Å². The van der Waals surface area contributed by atoms with E-state index < -0.39 is 0 Å². The van der Waals surface area contributed by atoms with E-state index in [-0.39, 0.29) is 0 Å². The maximum Gasteiger partial charge on any atom is 0.118 e. The minimum atomic E-state index is 0.612. The van der Waals surface area contributed by atoms with Crippen molar-refractivity contribution in [3.8, 4) is 23.1 Å². The van der Waals surface area contributed by atoms with Gasteiger partial charge < -0.3 is 4.74 Å². The Bertz CT molecular complexity index is 845. The lowest BCUT2D eigenvalue weighted by atomic mass is 9.99. The first-order valence-corrected chi connectivity index (χ1v) is 6.68. The lowest BCUT2D eigenvalue weighted by molar-refractivity contribution is 0.415. The van der Waals surface area contributed by atoms with Crippen LogP contribution in [0.25, 0.3) is 22.0 Å². The molecule has 0 spiro atoms. The Morgan fingerprint density at radius 1 is 1.00 bits per heavy atom. The van der Waals surface area contributed by atoms with Crippen molar-refractivity contribution in [3.63, 3.8) is 0 Å². The Morgan fingerprint density at radius 2 is 1.67 bits per heavy atom. The van der Waals surface area contributed by atoms with E-state index in [0.717, 1.165) is 33.5 Å². The summed E-state index contributed by atoms with van der Waals surface area (Å²) in [5, 5.41) is 11.5. The fourth-order valence-corrected chi connectivity index (χ4v) is 2.50. The molecule has 0 atom stereocenters. The monoisotopic (exact) mass is 274 g/mol. The van der Waals surface area contributed by atoms with Crippen molar-refractivity contribution in [2.45, 2.75) is 6.92 Å². The molecule has 3 rings (SSSR count). The maximum atomic E-state index is 9.55. The summed E-state index contributed by atoms with van der Waals surface area (Å²) in [6.45, 7) is 1.97. The molecule has 3 nitrogen and oxygen atoms in total. The molecular weight excluding hydrogens is 260 g/mol. The van der Waals surface area contributed by atoms with E-state index in [0.29, 0.717) is 5.56 Å². The third kappa shape index (κ3) is 2.21. The summed E-state index contributed by atoms with van der Waals surface area (Å²) in [5.74, 6) is 0.787. The normalized spacial score (nSPS) is 10.3. The highest BCUT2D eigenvalue weighted by atomic mass is 16.5. The van der Waals surface area contributed by atoms with Gasteiger partial charge in [-0.25, -0.2) is 0 Å². The van der Waals surface area contributed by atoms with Gasteiger partial charge in [-0.2, -0.15) is 5.26 Å². The predicted octanol–water partition coefficient (Wildman–Crippen LogP) is 4.09. The molecule has 2 aromatic carbocycles. The number of fused-ring (bicyclic) bond motifs is 1. The van der Waals surface area contributed by atoms with Crippen LogP contribution < -0.4 is 4.74 Å². The molecule has 1 aromatic heterocycles. The average Bonchev–Trinajstić information content (AvgIpc) is 2.55. The lowest BCUT2D eigenvalue weighted by Gasteiger charge is -2.10. The fourth-order valence-electron chi connectivity index (χ4n) is 2.50. The van der Waals surface area contributed by atoms with Crippen molar-refractivity contribution in [2.24, 2.45) is 0 Å². The van der Waals surface area contributed by atoms with Crippen molar-refractivity contribution in [1.82, 2.24) is 4.98 Å². The molecule has 3 aromatic rings. The number of benzene rings is 2. The van der Waals surface area contributed by atoms with E-state index >= 15 is 0 Å². The molecular formula is C18H14N2O. The third-order valence-electron chi connectivity index (χ3n) is 3.58. The quantitative estimate of drug-likeness (QED) is 0.707. The van der Waals surface area contributed by atoms with Crippen LogP contribution in [0.2, 0.25) is 0 Å². The molecule has 1 heterocycles. The van der Waals surface area contributed by atoms with E-state index in [1.807, 2.05) is 55.5 Å². The summed E-state index contributed by atoms with van der Waals surface area (Å²) in [7, 11) is 1.63. The number of pyridine rings is 1. The van der Waals surface area contributed by atoms with Gasteiger partial charge >= 0.3 is 0 Å². The van der Waals surface area contributed by atoms with Crippen LogP contribution in [0.4, 0.5) is 0 Å². The summed E-state index contributed by atoms with van der Waals surface area (Å²) in [4.78, 5) is 4.63. The van der Waals surface area contributed by atoms with Gasteiger partial charge in [0.15, 0.2) is 0 Å². The topological polar surface area (TPSA) is 45.9 Å². The first kappa shape index (κ1) is 13.1. The fraction of sp³-hybridized carbons (Fsp3) is 0.111. The lowest BCUT2D eigenvalue weighted by Crippen LogP contribution is -1.95. The van der Waals surface area contributed by atoms with Crippen LogP contribution in [0.5, 0.6) is 5.75 Å². The standard InChI is InChI=1S/C18H14N2O/c1-12-15-5-3-4-6-16(15)17(11-19)18(20-12)13-7-9-14(21-2)10-8-13/h3-10H,1-2H3. The first-order valence-electron chi connectivity index (χ1n) is 6.68. The van der Waals surface area contributed by atoms with Crippen molar-refractivity contribution in [1.29, 1.82) is 5.26 Å². The molecule has 0 unspecified atom stereocenters. The van der Waals surface area contributed by atoms with Crippen molar-refractivity contribution < 1.29 is 4.74 Å². The number of hydrogen-bond acceptors (Lipinski definition) is 3. The summed E-state index contributed by atoms with van der Waals surface area (Å²) in [6, 6.07) is 17.8.